The summed E-state index contributed by atoms with van der Waals surface area (Å²) < 4.78 is 2.01. The van der Waals surface area contributed by atoms with Gasteiger partial charge in [-0.2, -0.15) is 5.10 Å². The van der Waals surface area contributed by atoms with Crippen LogP contribution in [0.25, 0.3) is 0 Å². The summed E-state index contributed by atoms with van der Waals surface area (Å²) in [6.07, 6.45) is 3.17. The molecule has 2 rings (SSSR count). The number of hydrogen-bond acceptors (Lipinski definition) is 3. The Hall–Kier alpha value is -1.81. The molecule has 0 radical (unpaired) electrons. The van der Waals surface area contributed by atoms with Crippen molar-refractivity contribution in [3.8, 4) is 0 Å². The molecule has 21 heavy (non-hydrogen) atoms. The minimum atomic E-state index is 0.405. The van der Waals surface area contributed by atoms with Crippen LogP contribution in [0, 0.1) is 0 Å². The van der Waals surface area contributed by atoms with Crippen LogP contribution in [0.5, 0.6) is 0 Å². The second-order valence-electron chi connectivity index (χ2n) is 5.67. The Balaban J connectivity index is 2.13. The van der Waals surface area contributed by atoms with Crippen molar-refractivity contribution in [1.29, 1.82) is 0 Å². The second-order valence-corrected chi connectivity index (χ2v) is 5.67. The maximum atomic E-state index is 5.66. The normalized spacial score (nSPS) is 11.1. The largest absolute Gasteiger partial charge is 0.366 e. The van der Waals surface area contributed by atoms with Crippen molar-refractivity contribution in [1.82, 2.24) is 9.78 Å². The summed E-state index contributed by atoms with van der Waals surface area (Å²) in [6.45, 7) is 8.95. The highest BCUT2D eigenvalue weighted by atomic mass is 15.3. The van der Waals surface area contributed by atoms with Crippen LogP contribution in [0.3, 0.4) is 0 Å². The average Bonchev–Trinajstić information content (AvgIpc) is 2.96. The Kier molecular flexibility index (Phi) is 5.39. The molecule has 0 saturated heterocycles. The van der Waals surface area contributed by atoms with Gasteiger partial charge in [0.25, 0.3) is 0 Å². The van der Waals surface area contributed by atoms with Gasteiger partial charge in [0.2, 0.25) is 0 Å². The van der Waals surface area contributed by atoms with Gasteiger partial charge < -0.3 is 10.6 Å². The van der Waals surface area contributed by atoms with Crippen LogP contribution >= 0.6 is 0 Å². The first kappa shape index (κ1) is 15.6. The molecule has 0 aliphatic rings. The molecule has 0 aliphatic carbocycles. The van der Waals surface area contributed by atoms with Crippen molar-refractivity contribution in [2.24, 2.45) is 5.73 Å². The molecule has 0 atom stereocenters. The maximum absolute atomic E-state index is 5.66. The van der Waals surface area contributed by atoms with Crippen molar-refractivity contribution in [3.05, 3.63) is 47.8 Å². The minimum absolute atomic E-state index is 0.405. The van der Waals surface area contributed by atoms with Crippen LogP contribution in [0.15, 0.2) is 36.5 Å². The molecule has 0 fully saturated rings. The molecule has 0 spiro atoms. The van der Waals surface area contributed by atoms with Gasteiger partial charge in [0.05, 0.1) is 12.2 Å². The van der Waals surface area contributed by atoms with E-state index in [-0.39, 0.29) is 0 Å². The van der Waals surface area contributed by atoms with Crippen LogP contribution in [0.4, 0.5) is 5.69 Å². The fraction of sp³-hybridized carbons (Fsp3) is 0.471. The van der Waals surface area contributed by atoms with Crippen LogP contribution in [-0.4, -0.2) is 16.3 Å². The molecule has 4 nitrogen and oxygen atoms in total. The molecule has 0 unspecified atom stereocenters. The van der Waals surface area contributed by atoms with Crippen LogP contribution in [-0.2, 0) is 13.1 Å². The standard InChI is InChI=1S/C17H26N4/c1-4-10-20(17-7-5-15(12-18)6-8-17)13-16-9-11-21(19-16)14(2)3/h5-9,11,14H,4,10,12-13,18H2,1-3H3. The van der Waals surface area contributed by atoms with Gasteiger partial charge in [-0.3, -0.25) is 4.68 Å². The van der Waals surface area contributed by atoms with Gasteiger partial charge in [0.15, 0.2) is 0 Å². The number of anilines is 1. The summed E-state index contributed by atoms with van der Waals surface area (Å²) in [5, 5.41) is 4.65. The molecular weight excluding hydrogens is 260 g/mol. The van der Waals surface area contributed by atoms with E-state index in [1.54, 1.807) is 0 Å². The van der Waals surface area contributed by atoms with Crippen molar-refractivity contribution in [3.63, 3.8) is 0 Å². The van der Waals surface area contributed by atoms with Crippen molar-refractivity contribution in [2.45, 2.75) is 46.3 Å². The molecule has 1 aromatic carbocycles. The first-order valence-electron chi connectivity index (χ1n) is 7.72. The number of nitrogens with zero attached hydrogens (tertiary/aromatic N) is 3. The Labute approximate surface area is 127 Å². The molecule has 0 saturated carbocycles. The van der Waals surface area contributed by atoms with Crippen molar-refractivity contribution >= 4 is 5.69 Å². The number of aromatic nitrogens is 2. The van der Waals surface area contributed by atoms with E-state index in [4.69, 9.17) is 5.73 Å². The summed E-state index contributed by atoms with van der Waals surface area (Å²) in [5.41, 5.74) is 9.17. The smallest absolute Gasteiger partial charge is 0.0817 e. The lowest BCUT2D eigenvalue weighted by Crippen LogP contribution is -2.24. The third-order valence-corrected chi connectivity index (χ3v) is 3.58. The van der Waals surface area contributed by atoms with E-state index < -0.39 is 0 Å². The molecule has 2 aromatic rings. The first-order valence-corrected chi connectivity index (χ1v) is 7.72. The van der Waals surface area contributed by atoms with E-state index in [1.807, 2.05) is 4.68 Å². The van der Waals surface area contributed by atoms with Crippen molar-refractivity contribution in [2.75, 3.05) is 11.4 Å². The number of hydrogen-bond donors (Lipinski definition) is 1. The maximum Gasteiger partial charge on any atom is 0.0817 e. The lowest BCUT2D eigenvalue weighted by molar-refractivity contribution is 0.525. The zero-order valence-corrected chi connectivity index (χ0v) is 13.3. The highest BCUT2D eigenvalue weighted by Crippen LogP contribution is 2.18. The average molecular weight is 286 g/mol. The lowest BCUT2D eigenvalue weighted by Gasteiger charge is -2.23. The number of rotatable bonds is 7. The fourth-order valence-corrected chi connectivity index (χ4v) is 2.36. The molecule has 0 amide bonds. The Morgan fingerprint density at radius 2 is 1.90 bits per heavy atom. The summed E-state index contributed by atoms with van der Waals surface area (Å²) >= 11 is 0. The summed E-state index contributed by atoms with van der Waals surface area (Å²) in [5.74, 6) is 0. The van der Waals surface area contributed by atoms with Gasteiger partial charge in [-0.15, -0.1) is 0 Å². The van der Waals surface area contributed by atoms with Gasteiger partial charge in [0, 0.05) is 31.0 Å². The fourth-order valence-electron chi connectivity index (χ4n) is 2.36. The molecule has 4 heteroatoms. The van der Waals surface area contributed by atoms with Crippen LogP contribution < -0.4 is 10.6 Å². The van der Waals surface area contributed by atoms with Gasteiger partial charge in [-0.25, -0.2) is 0 Å². The van der Waals surface area contributed by atoms with Gasteiger partial charge in [0.1, 0.15) is 0 Å². The van der Waals surface area contributed by atoms with Gasteiger partial charge in [-0.05, 0) is 44.0 Å². The zero-order chi connectivity index (χ0) is 15.2. The molecule has 1 heterocycles. The van der Waals surface area contributed by atoms with E-state index >= 15 is 0 Å². The monoisotopic (exact) mass is 286 g/mol. The van der Waals surface area contributed by atoms with E-state index in [0.717, 1.165) is 25.2 Å². The predicted octanol–water partition coefficient (Wildman–Crippen LogP) is 3.34. The minimum Gasteiger partial charge on any atom is -0.366 e. The highest BCUT2D eigenvalue weighted by molar-refractivity contribution is 5.47. The summed E-state index contributed by atoms with van der Waals surface area (Å²) in [6, 6.07) is 11.0. The molecular formula is C17H26N4. The van der Waals surface area contributed by atoms with E-state index in [1.165, 1.54) is 11.3 Å². The van der Waals surface area contributed by atoms with Crippen LogP contribution in [0.1, 0.15) is 44.5 Å². The first-order chi connectivity index (χ1) is 10.1. The number of nitrogens with two attached hydrogens (primary N) is 1. The third-order valence-electron chi connectivity index (χ3n) is 3.58. The summed E-state index contributed by atoms with van der Waals surface area (Å²) in [4.78, 5) is 2.37. The number of benzene rings is 1. The van der Waals surface area contributed by atoms with Gasteiger partial charge in [-0.1, -0.05) is 19.1 Å². The molecule has 2 N–H and O–H groups in total. The molecule has 114 valence electrons. The molecule has 0 aliphatic heterocycles. The topological polar surface area (TPSA) is 47.1 Å². The van der Waals surface area contributed by atoms with Crippen LogP contribution in [0.2, 0.25) is 0 Å². The quantitative estimate of drug-likeness (QED) is 0.849. The Morgan fingerprint density at radius 1 is 1.19 bits per heavy atom. The molecule has 0 bridgehead atoms. The molecule has 1 aromatic heterocycles. The SMILES string of the molecule is CCCN(Cc1ccn(C(C)C)n1)c1ccc(CN)cc1. The Morgan fingerprint density at radius 3 is 2.43 bits per heavy atom. The highest BCUT2D eigenvalue weighted by Gasteiger charge is 2.09. The van der Waals surface area contributed by atoms with E-state index in [0.29, 0.717) is 12.6 Å². The van der Waals surface area contributed by atoms with Gasteiger partial charge >= 0.3 is 0 Å². The Bertz CT molecular complexity index is 542. The lowest BCUT2D eigenvalue weighted by atomic mass is 10.2. The van der Waals surface area contributed by atoms with E-state index in [2.05, 4.69) is 67.3 Å². The van der Waals surface area contributed by atoms with Crippen molar-refractivity contribution < 1.29 is 0 Å². The zero-order valence-electron chi connectivity index (χ0n) is 13.3. The summed E-state index contributed by atoms with van der Waals surface area (Å²) in [7, 11) is 0. The third kappa shape index (κ3) is 4.08. The predicted molar refractivity (Wildman–Crippen MR) is 88.3 cm³/mol. The van der Waals surface area contributed by atoms with E-state index in [9.17, 15) is 0 Å². The second kappa shape index (κ2) is 7.27.